The number of imidazole rings is 1. The van der Waals surface area contributed by atoms with Gasteiger partial charge in [0, 0.05) is 14.9 Å². The Bertz CT molecular complexity index is 640. The Kier molecular flexibility index (Phi) is 5.06. The molecular formula is C16H20ClIN2S. The molecular weight excluding hydrogens is 415 g/mol. The van der Waals surface area contributed by atoms with Crippen LogP contribution in [0, 0.1) is 3.57 Å². The lowest BCUT2D eigenvalue weighted by Gasteiger charge is -2.18. The van der Waals surface area contributed by atoms with Crippen molar-refractivity contribution in [1.82, 2.24) is 9.55 Å². The molecule has 0 saturated heterocycles. The van der Waals surface area contributed by atoms with Crippen LogP contribution in [0.5, 0.6) is 0 Å². The monoisotopic (exact) mass is 434 g/mol. The maximum atomic E-state index is 6.41. The van der Waals surface area contributed by atoms with Gasteiger partial charge < -0.3 is 4.57 Å². The van der Waals surface area contributed by atoms with E-state index in [1.54, 1.807) is 0 Å². The summed E-state index contributed by atoms with van der Waals surface area (Å²) in [4.78, 5) is 4.81. The van der Waals surface area contributed by atoms with Gasteiger partial charge in [-0.2, -0.15) is 11.8 Å². The number of nitrogens with zero attached hydrogens (tertiary/aromatic N) is 2. The highest BCUT2D eigenvalue weighted by molar-refractivity contribution is 14.1. The highest BCUT2D eigenvalue weighted by Gasteiger charge is 2.29. The van der Waals surface area contributed by atoms with Crippen molar-refractivity contribution in [3.8, 4) is 0 Å². The van der Waals surface area contributed by atoms with Crippen LogP contribution in [0.2, 0.25) is 0 Å². The minimum Gasteiger partial charge on any atom is -0.324 e. The standard InChI is InChI=1S/C16H20ClIN2S/c1-3-21-13-6-5-12(9-13)20-15-7-4-11(18)8-14(15)19-16(20)10(2)17/h4,7-8,10,12-13H,3,5-6,9H2,1-2H3. The van der Waals surface area contributed by atoms with Crippen LogP contribution in [-0.4, -0.2) is 20.6 Å². The summed E-state index contributed by atoms with van der Waals surface area (Å²) in [5.41, 5.74) is 2.32. The number of halogens is 2. The lowest BCUT2D eigenvalue weighted by Crippen LogP contribution is -2.11. The molecule has 3 rings (SSSR count). The van der Waals surface area contributed by atoms with Gasteiger partial charge in [-0.25, -0.2) is 4.98 Å². The van der Waals surface area contributed by atoms with E-state index in [-0.39, 0.29) is 5.38 Å². The van der Waals surface area contributed by atoms with E-state index in [4.69, 9.17) is 16.6 Å². The van der Waals surface area contributed by atoms with Gasteiger partial charge in [-0.3, -0.25) is 0 Å². The summed E-state index contributed by atoms with van der Waals surface area (Å²) in [5.74, 6) is 2.24. The van der Waals surface area contributed by atoms with Crippen LogP contribution < -0.4 is 0 Å². The summed E-state index contributed by atoms with van der Waals surface area (Å²) in [7, 11) is 0. The number of rotatable bonds is 4. The molecule has 21 heavy (non-hydrogen) atoms. The fraction of sp³-hybridized carbons (Fsp3) is 0.562. The fourth-order valence-electron chi connectivity index (χ4n) is 3.29. The summed E-state index contributed by atoms with van der Waals surface area (Å²) in [6.07, 6.45) is 3.79. The van der Waals surface area contributed by atoms with E-state index in [0.717, 1.165) is 16.6 Å². The maximum absolute atomic E-state index is 6.41. The zero-order valence-electron chi connectivity index (χ0n) is 12.4. The molecule has 0 spiro atoms. The highest BCUT2D eigenvalue weighted by Crippen LogP contribution is 2.40. The third-order valence-electron chi connectivity index (χ3n) is 4.16. The zero-order chi connectivity index (χ0) is 15.0. The first kappa shape index (κ1) is 15.9. The molecule has 0 bridgehead atoms. The number of fused-ring (bicyclic) bond motifs is 1. The molecule has 0 N–H and O–H groups in total. The van der Waals surface area contributed by atoms with Gasteiger partial charge in [-0.1, -0.05) is 6.92 Å². The lowest BCUT2D eigenvalue weighted by molar-refractivity contribution is 0.511. The number of aromatic nitrogens is 2. The smallest absolute Gasteiger partial charge is 0.127 e. The number of hydrogen-bond donors (Lipinski definition) is 0. The van der Waals surface area contributed by atoms with Crippen LogP contribution in [0.1, 0.15) is 50.4 Å². The zero-order valence-corrected chi connectivity index (χ0v) is 16.1. The highest BCUT2D eigenvalue weighted by atomic mass is 127. The molecule has 0 aliphatic heterocycles. The lowest BCUT2D eigenvalue weighted by atomic mass is 10.2. The van der Waals surface area contributed by atoms with Gasteiger partial charge >= 0.3 is 0 Å². The van der Waals surface area contributed by atoms with Crippen molar-refractivity contribution in [1.29, 1.82) is 0 Å². The summed E-state index contributed by atoms with van der Waals surface area (Å²) in [5, 5.41) is 0.743. The minimum absolute atomic E-state index is 0.0482. The first-order valence-corrected chi connectivity index (χ1v) is 10.1. The molecule has 0 radical (unpaired) electrons. The van der Waals surface area contributed by atoms with Crippen LogP contribution >= 0.6 is 46.0 Å². The topological polar surface area (TPSA) is 17.8 Å². The molecule has 1 fully saturated rings. The largest absolute Gasteiger partial charge is 0.324 e. The maximum Gasteiger partial charge on any atom is 0.127 e. The van der Waals surface area contributed by atoms with Crippen LogP contribution in [0.15, 0.2) is 18.2 Å². The number of benzene rings is 1. The Morgan fingerprint density at radius 2 is 2.29 bits per heavy atom. The van der Waals surface area contributed by atoms with Gasteiger partial charge in [0.2, 0.25) is 0 Å². The Hall–Kier alpha value is 0.0600. The second-order valence-electron chi connectivity index (χ2n) is 5.63. The van der Waals surface area contributed by atoms with Crippen molar-refractivity contribution in [2.75, 3.05) is 5.75 Å². The fourth-order valence-corrected chi connectivity index (χ4v) is 5.06. The van der Waals surface area contributed by atoms with Crippen LogP contribution in [-0.2, 0) is 0 Å². The second-order valence-corrected chi connectivity index (χ2v) is 9.11. The third-order valence-corrected chi connectivity index (χ3v) is 6.26. The summed E-state index contributed by atoms with van der Waals surface area (Å²) in [6, 6.07) is 7.07. The SMILES string of the molecule is CCSC1CCC(n2c(C(C)Cl)nc3cc(I)ccc32)C1. The van der Waals surface area contributed by atoms with E-state index in [0.29, 0.717) is 6.04 Å². The Morgan fingerprint density at radius 1 is 1.48 bits per heavy atom. The third kappa shape index (κ3) is 3.22. The van der Waals surface area contributed by atoms with Gasteiger partial charge in [-0.15, -0.1) is 11.6 Å². The predicted octanol–water partition coefficient (Wildman–Crippen LogP) is 5.79. The van der Waals surface area contributed by atoms with Crippen molar-refractivity contribution in [3.63, 3.8) is 0 Å². The molecule has 114 valence electrons. The molecule has 1 aromatic carbocycles. The van der Waals surface area contributed by atoms with Gasteiger partial charge in [0.25, 0.3) is 0 Å². The normalized spacial score (nSPS) is 23.8. The molecule has 3 atom stereocenters. The van der Waals surface area contributed by atoms with Gasteiger partial charge in [-0.05, 0) is 72.7 Å². The van der Waals surface area contributed by atoms with E-state index in [1.165, 1.54) is 34.1 Å². The average Bonchev–Trinajstić information content (AvgIpc) is 3.02. The molecule has 2 nitrogen and oxygen atoms in total. The molecule has 5 heteroatoms. The van der Waals surface area contributed by atoms with Gasteiger partial charge in [0.15, 0.2) is 0 Å². The van der Waals surface area contributed by atoms with Crippen LogP contribution in [0.25, 0.3) is 11.0 Å². The molecule has 0 amide bonds. The van der Waals surface area contributed by atoms with E-state index in [1.807, 2.05) is 6.92 Å². The van der Waals surface area contributed by atoms with E-state index in [9.17, 15) is 0 Å². The van der Waals surface area contributed by atoms with Gasteiger partial charge in [0.05, 0.1) is 16.4 Å². The molecule has 1 aliphatic carbocycles. The molecule has 2 aromatic rings. The number of hydrogen-bond acceptors (Lipinski definition) is 2. The van der Waals surface area contributed by atoms with Crippen LogP contribution in [0.3, 0.4) is 0 Å². The summed E-state index contributed by atoms with van der Waals surface area (Å²) < 4.78 is 3.64. The van der Waals surface area contributed by atoms with Crippen molar-refractivity contribution in [3.05, 3.63) is 27.6 Å². The quantitative estimate of drug-likeness (QED) is 0.448. The van der Waals surface area contributed by atoms with Crippen molar-refractivity contribution in [2.45, 2.75) is 49.8 Å². The van der Waals surface area contributed by atoms with Crippen molar-refractivity contribution < 1.29 is 0 Å². The van der Waals surface area contributed by atoms with E-state index >= 15 is 0 Å². The molecule has 1 aliphatic rings. The van der Waals surface area contributed by atoms with Crippen molar-refractivity contribution in [2.24, 2.45) is 0 Å². The predicted molar refractivity (Wildman–Crippen MR) is 102 cm³/mol. The molecule has 1 heterocycles. The van der Waals surface area contributed by atoms with E-state index < -0.39 is 0 Å². The van der Waals surface area contributed by atoms with Crippen LogP contribution in [0.4, 0.5) is 0 Å². The first-order valence-electron chi connectivity index (χ1n) is 7.53. The van der Waals surface area contributed by atoms with Crippen molar-refractivity contribution >= 4 is 57.0 Å². The second kappa shape index (κ2) is 6.67. The Morgan fingerprint density at radius 3 is 3.00 bits per heavy atom. The molecule has 1 saturated carbocycles. The number of thioether (sulfide) groups is 1. The Labute approximate surface area is 149 Å². The average molecular weight is 435 g/mol. The first-order chi connectivity index (χ1) is 10.1. The molecule has 3 unspecified atom stereocenters. The minimum atomic E-state index is -0.0482. The number of alkyl halides is 1. The van der Waals surface area contributed by atoms with E-state index in [2.05, 4.69) is 64.0 Å². The van der Waals surface area contributed by atoms with Gasteiger partial charge in [0.1, 0.15) is 5.82 Å². The summed E-state index contributed by atoms with van der Waals surface area (Å²) >= 11 is 10.8. The summed E-state index contributed by atoms with van der Waals surface area (Å²) in [6.45, 7) is 4.27. The Balaban J connectivity index is 2.02. The molecule has 1 aromatic heterocycles.